The van der Waals surface area contributed by atoms with E-state index in [4.69, 9.17) is 0 Å². The number of amides is 1. The van der Waals surface area contributed by atoms with Crippen molar-refractivity contribution in [3.8, 4) is 5.75 Å². The highest BCUT2D eigenvalue weighted by molar-refractivity contribution is 7.99. The molecule has 0 saturated heterocycles. The summed E-state index contributed by atoms with van der Waals surface area (Å²) in [5.74, 6) is -0.370. The number of tetrazole rings is 1. The number of carbonyl (C=O) groups excluding carboxylic acids is 1. The van der Waals surface area contributed by atoms with Gasteiger partial charge in [-0.1, -0.05) is 36.7 Å². The SMILES string of the molecule is CC(NC(=O)CSc1nnnn1C1CCCC1)c1ccc(OC(F)(F)F)cc1. The quantitative estimate of drug-likeness (QED) is 0.695. The molecular formula is C17H20F3N5O2S. The highest BCUT2D eigenvalue weighted by Gasteiger charge is 2.31. The van der Waals surface area contributed by atoms with Gasteiger partial charge in [0, 0.05) is 0 Å². The number of thioether (sulfide) groups is 1. The van der Waals surface area contributed by atoms with E-state index in [0.717, 1.165) is 25.7 Å². The Morgan fingerprint density at radius 1 is 1.32 bits per heavy atom. The molecule has 28 heavy (non-hydrogen) atoms. The Morgan fingerprint density at radius 3 is 2.64 bits per heavy atom. The molecule has 0 radical (unpaired) electrons. The van der Waals surface area contributed by atoms with Crippen molar-refractivity contribution in [1.82, 2.24) is 25.5 Å². The van der Waals surface area contributed by atoms with E-state index in [1.807, 2.05) is 0 Å². The molecule has 0 bridgehead atoms. The lowest BCUT2D eigenvalue weighted by Gasteiger charge is -2.15. The summed E-state index contributed by atoms with van der Waals surface area (Å²) in [4.78, 5) is 12.2. The second kappa shape index (κ2) is 8.80. The molecule has 1 amide bonds. The molecule has 1 saturated carbocycles. The first kappa shape index (κ1) is 20.4. The minimum absolute atomic E-state index is 0.146. The Bertz CT molecular complexity index is 791. The molecule has 7 nitrogen and oxygen atoms in total. The maximum atomic E-state index is 12.2. The first-order valence-corrected chi connectivity index (χ1v) is 9.86. The van der Waals surface area contributed by atoms with Crippen LogP contribution >= 0.6 is 11.8 Å². The van der Waals surface area contributed by atoms with Crippen LogP contribution in [0.1, 0.15) is 50.3 Å². The second-order valence-electron chi connectivity index (χ2n) is 6.54. The minimum Gasteiger partial charge on any atom is -0.406 e. The van der Waals surface area contributed by atoms with Gasteiger partial charge in [0.15, 0.2) is 0 Å². The van der Waals surface area contributed by atoms with E-state index in [9.17, 15) is 18.0 Å². The van der Waals surface area contributed by atoms with Crippen molar-refractivity contribution < 1.29 is 22.7 Å². The standard InChI is InChI=1S/C17H20F3N5O2S/c1-11(12-6-8-14(9-7-12)27-17(18,19)20)21-15(26)10-28-16-22-23-24-25(16)13-4-2-3-5-13/h6-9,11,13H,2-5,10H2,1H3,(H,21,26). The second-order valence-corrected chi connectivity index (χ2v) is 7.48. The molecule has 3 rings (SSSR count). The van der Waals surface area contributed by atoms with Crippen LogP contribution in [0.5, 0.6) is 5.75 Å². The maximum Gasteiger partial charge on any atom is 0.573 e. The molecule has 0 aliphatic heterocycles. The fraction of sp³-hybridized carbons (Fsp3) is 0.529. The third-order valence-corrected chi connectivity index (χ3v) is 5.39. The van der Waals surface area contributed by atoms with Gasteiger partial charge in [-0.15, -0.1) is 18.3 Å². The average molecular weight is 415 g/mol. The summed E-state index contributed by atoms with van der Waals surface area (Å²) in [7, 11) is 0. The molecule has 0 spiro atoms. The molecule has 1 aromatic heterocycles. The Balaban J connectivity index is 1.50. The van der Waals surface area contributed by atoms with Gasteiger partial charge in [0.2, 0.25) is 11.1 Å². The van der Waals surface area contributed by atoms with E-state index >= 15 is 0 Å². The molecule has 152 valence electrons. The van der Waals surface area contributed by atoms with Gasteiger partial charge in [0.05, 0.1) is 17.8 Å². The molecule has 1 aliphatic carbocycles. The summed E-state index contributed by atoms with van der Waals surface area (Å²) < 4.78 is 42.2. The molecule has 1 aliphatic rings. The molecule has 1 fully saturated rings. The molecule has 2 aromatic rings. The lowest BCUT2D eigenvalue weighted by molar-refractivity contribution is -0.274. The summed E-state index contributed by atoms with van der Waals surface area (Å²) in [6, 6.07) is 5.33. The molecule has 1 aromatic carbocycles. The van der Waals surface area contributed by atoms with Crippen molar-refractivity contribution >= 4 is 17.7 Å². The molecular weight excluding hydrogens is 395 g/mol. The molecule has 11 heteroatoms. The van der Waals surface area contributed by atoms with Crippen LogP contribution in [0.4, 0.5) is 13.2 Å². The number of benzene rings is 1. The lowest BCUT2D eigenvalue weighted by atomic mass is 10.1. The predicted octanol–water partition coefficient (Wildman–Crippen LogP) is 3.66. The van der Waals surface area contributed by atoms with Gasteiger partial charge < -0.3 is 10.1 Å². The van der Waals surface area contributed by atoms with Crippen LogP contribution in [0, 0.1) is 0 Å². The van der Waals surface area contributed by atoms with Crippen molar-refractivity contribution in [2.45, 2.75) is 56.2 Å². The number of carbonyl (C=O) groups is 1. The van der Waals surface area contributed by atoms with Crippen LogP contribution in [0.3, 0.4) is 0 Å². The van der Waals surface area contributed by atoms with Crippen molar-refractivity contribution in [3.63, 3.8) is 0 Å². The summed E-state index contributed by atoms with van der Waals surface area (Å²) in [5, 5.41) is 15.2. The van der Waals surface area contributed by atoms with E-state index in [1.54, 1.807) is 11.6 Å². The van der Waals surface area contributed by atoms with Crippen LogP contribution in [-0.2, 0) is 4.79 Å². The third-order valence-electron chi connectivity index (χ3n) is 4.46. The molecule has 1 heterocycles. The topological polar surface area (TPSA) is 81.9 Å². The summed E-state index contributed by atoms with van der Waals surface area (Å²) in [6.45, 7) is 1.75. The summed E-state index contributed by atoms with van der Waals surface area (Å²) >= 11 is 1.26. The number of aromatic nitrogens is 4. The predicted molar refractivity (Wildman–Crippen MR) is 95.7 cm³/mol. The minimum atomic E-state index is -4.73. The van der Waals surface area contributed by atoms with Gasteiger partial charge in [-0.2, -0.15) is 0 Å². The average Bonchev–Trinajstić information content (AvgIpc) is 3.30. The van der Waals surface area contributed by atoms with Gasteiger partial charge in [-0.25, -0.2) is 4.68 Å². The number of hydrogen-bond acceptors (Lipinski definition) is 6. The fourth-order valence-corrected chi connectivity index (χ4v) is 3.87. The highest BCUT2D eigenvalue weighted by Crippen LogP contribution is 2.31. The number of halogens is 3. The van der Waals surface area contributed by atoms with E-state index in [2.05, 4.69) is 25.6 Å². The number of nitrogens with zero attached hydrogens (tertiary/aromatic N) is 4. The van der Waals surface area contributed by atoms with E-state index < -0.39 is 6.36 Å². The van der Waals surface area contributed by atoms with Crippen LogP contribution in [0.15, 0.2) is 29.4 Å². The van der Waals surface area contributed by atoms with E-state index in [-0.39, 0.29) is 29.5 Å². The summed E-state index contributed by atoms with van der Waals surface area (Å²) in [5.41, 5.74) is 0.670. The van der Waals surface area contributed by atoms with Crippen LogP contribution in [0.25, 0.3) is 0 Å². The zero-order valence-electron chi connectivity index (χ0n) is 15.1. The normalized spacial score (nSPS) is 16.1. The maximum absolute atomic E-state index is 12.2. The van der Waals surface area contributed by atoms with Gasteiger partial charge in [-0.3, -0.25) is 4.79 Å². The van der Waals surface area contributed by atoms with Crippen LogP contribution < -0.4 is 10.1 Å². The zero-order chi connectivity index (χ0) is 20.1. The Morgan fingerprint density at radius 2 is 2.00 bits per heavy atom. The van der Waals surface area contributed by atoms with Crippen molar-refractivity contribution in [2.24, 2.45) is 0 Å². The molecule has 1 unspecified atom stereocenters. The number of rotatable bonds is 7. The van der Waals surface area contributed by atoms with Crippen molar-refractivity contribution in [2.75, 3.05) is 5.75 Å². The van der Waals surface area contributed by atoms with Crippen molar-refractivity contribution in [1.29, 1.82) is 0 Å². The van der Waals surface area contributed by atoms with Gasteiger partial charge in [0.25, 0.3) is 0 Å². The smallest absolute Gasteiger partial charge is 0.406 e. The van der Waals surface area contributed by atoms with E-state index in [0.29, 0.717) is 10.7 Å². The lowest BCUT2D eigenvalue weighted by Crippen LogP contribution is -2.28. The fourth-order valence-electron chi connectivity index (χ4n) is 3.11. The zero-order valence-corrected chi connectivity index (χ0v) is 16.0. The first-order chi connectivity index (χ1) is 13.3. The largest absolute Gasteiger partial charge is 0.573 e. The molecule has 1 N–H and O–H groups in total. The summed E-state index contributed by atoms with van der Waals surface area (Å²) in [6.07, 6.45) is -0.350. The molecule has 1 atom stereocenters. The van der Waals surface area contributed by atoms with E-state index in [1.165, 1.54) is 36.0 Å². The van der Waals surface area contributed by atoms with Crippen LogP contribution in [-0.4, -0.2) is 38.2 Å². The van der Waals surface area contributed by atoms with Gasteiger partial charge in [0.1, 0.15) is 5.75 Å². The Kier molecular flexibility index (Phi) is 6.42. The third kappa shape index (κ3) is 5.60. The van der Waals surface area contributed by atoms with Crippen molar-refractivity contribution in [3.05, 3.63) is 29.8 Å². The monoisotopic (exact) mass is 415 g/mol. The highest BCUT2D eigenvalue weighted by atomic mass is 32.2. The van der Waals surface area contributed by atoms with Crippen LogP contribution in [0.2, 0.25) is 0 Å². The first-order valence-electron chi connectivity index (χ1n) is 8.87. The Hall–Kier alpha value is -2.30. The number of nitrogens with one attached hydrogen (secondary N) is 1. The van der Waals surface area contributed by atoms with Gasteiger partial charge >= 0.3 is 6.36 Å². The number of ether oxygens (including phenoxy) is 1. The number of hydrogen-bond donors (Lipinski definition) is 1. The van der Waals surface area contributed by atoms with Gasteiger partial charge in [-0.05, 0) is 47.9 Å². The Labute approximate surface area is 164 Å². The number of alkyl halides is 3.